The largest absolute Gasteiger partial charge is 0.215 e. The van der Waals surface area contributed by atoms with Gasteiger partial charge in [-0.2, -0.15) is 0 Å². The quantitative estimate of drug-likeness (QED) is 0.541. The first kappa shape index (κ1) is 19.3. The molecule has 1 aromatic carbocycles. The Hall–Kier alpha value is -0.0300. The smallest absolute Gasteiger partial charge is 0.163 e. The molecule has 1 heterocycles. The fourth-order valence-corrected chi connectivity index (χ4v) is 2.47. The summed E-state index contributed by atoms with van der Waals surface area (Å²) in [6.45, 7) is 1.94. The van der Waals surface area contributed by atoms with Gasteiger partial charge in [0.25, 0.3) is 0 Å². The minimum absolute atomic E-state index is 0.213. The summed E-state index contributed by atoms with van der Waals surface area (Å²) in [5, 5.41) is -1.65. The van der Waals surface area contributed by atoms with Crippen LogP contribution >= 0.6 is 69.6 Å². The van der Waals surface area contributed by atoms with Gasteiger partial charge in [0.15, 0.2) is 17.5 Å². The standard InChI is InChI=1S/C14H11Cl6N3/c1-6-4-2-3-5-7(6)12-21-13(8(15)10(17)18)23-14(22-12)9(16)11(19)20/h2-5,8-11H,1H3. The number of alkyl halides is 6. The van der Waals surface area contributed by atoms with Crippen molar-refractivity contribution in [3.8, 4) is 11.4 Å². The zero-order chi connectivity index (χ0) is 17.1. The summed E-state index contributed by atoms with van der Waals surface area (Å²) in [6, 6.07) is 7.60. The molecule has 0 spiro atoms. The average molecular weight is 434 g/mol. The van der Waals surface area contributed by atoms with Crippen molar-refractivity contribution in [2.24, 2.45) is 0 Å². The lowest BCUT2D eigenvalue weighted by Gasteiger charge is -2.15. The van der Waals surface area contributed by atoms with Crippen LogP contribution in [0.2, 0.25) is 0 Å². The Bertz CT molecular complexity index is 647. The molecule has 2 aromatic rings. The van der Waals surface area contributed by atoms with Crippen LogP contribution in [0.15, 0.2) is 24.3 Å². The Morgan fingerprint density at radius 2 is 1.22 bits per heavy atom. The molecule has 0 saturated carbocycles. The van der Waals surface area contributed by atoms with Crippen molar-refractivity contribution in [3.05, 3.63) is 41.5 Å². The summed E-state index contributed by atoms with van der Waals surface area (Å²) in [5.41, 5.74) is 1.79. The summed E-state index contributed by atoms with van der Waals surface area (Å²) in [6.07, 6.45) is 0. The van der Waals surface area contributed by atoms with Crippen molar-refractivity contribution in [3.63, 3.8) is 0 Å². The van der Waals surface area contributed by atoms with E-state index < -0.39 is 20.4 Å². The normalized spacial score (nSPS) is 14.3. The molecule has 0 aliphatic carbocycles. The first-order valence-corrected chi connectivity index (χ1v) is 9.09. The molecule has 0 saturated heterocycles. The van der Waals surface area contributed by atoms with Crippen molar-refractivity contribution in [2.45, 2.75) is 27.4 Å². The SMILES string of the molecule is Cc1ccccc1-c1nc(C(Cl)C(Cl)Cl)nc(C(Cl)C(Cl)Cl)n1. The lowest BCUT2D eigenvalue weighted by molar-refractivity contribution is 0.790. The van der Waals surface area contributed by atoms with Crippen LogP contribution < -0.4 is 0 Å². The van der Waals surface area contributed by atoms with Crippen LogP contribution in [0.1, 0.15) is 28.0 Å². The van der Waals surface area contributed by atoms with Crippen LogP contribution in [0, 0.1) is 6.92 Å². The topological polar surface area (TPSA) is 38.7 Å². The van der Waals surface area contributed by atoms with Crippen molar-refractivity contribution < 1.29 is 0 Å². The molecule has 0 amide bonds. The van der Waals surface area contributed by atoms with E-state index in [1.54, 1.807) is 0 Å². The zero-order valence-electron chi connectivity index (χ0n) is 11.7. The molecule has 2 atom stereocenters. The molecule has 0 N–H and O–H groups in total. The monoisotopic (exact) mass is 431 g/mol. The fraction of sp³-hybridized carbons (Fsp3) is 0.357. The number of hydrogen-bond donors (Lipinski definition) is 0. The third-order valence-corrected chi connectivity index (χ3v) is 5.41. The van der Waals surface area contributed by atoms with Crippen molar-refractivity contribution in [2.75, 3.05) is 0 Å². The second kappa shape index (κ2) is 8.37. The number of aromatic nitrogens is 3. The third-order valence-electron chi connectivity index (χ3n) is 2.99. The number of benzene rings is 1. The highest BCUT2D eigenvalue weighted by Gasteiger charge is 2.26. The van der Waals surface area contributed by atoms with Crippen LogP contribution in [-0.4, -0.2) is 24.6 Å². The van der Waals surface area contributed by atoms with Gasteiger partial charge in [-0.05, 0) is 12.5 Å². The van der Waals surface area contributed by atoms with Crippen molar-refractivity contribution in [1.29, 1.82) is 0 Å². The molecule has 9 heteroatoms. The lowest BCUT2D eigenvalue weighted by Crippen LogP contribution is -2.14. The highest BCUT2D eigenvalue weighted by Crippen LogP contribution is 2.33. The number of halogens is 6. The molecular formula is C14H11Cl6N3. The third kappa shape index (κ3) is 4.75. The molecule has 0 radical (unpaired) electrons. The highest BCUT2D eigenvalue weighted by atomic mass is 35.5. The zero-order valence-corrected chi connectivity index (χ0v) is 16.3. The molecule has 3 nitrogen and oxygen atoms in total. The second-order valence-electron chi connectivity index (χ2n) is 4.66. The molecule has 124 valence electrons. The Kier molecular flexibility index (Phi) is 7.02. The van der Waals surface area contributed by atoms with Gasteiger partial charge in [0, 0.05) is 5.56 Å². The van der Waals surface area contributed by atoms with E-state index in [2.05, 4.69) is 15.0 Å². The van der Waals surface area contributed by atoms with Gasteiger partial charge < -0.3 is 0 Å². The van der Waals surface area contributed by atoms with Crippen LogP contribution in [-0.2, 0) is 0 Å². The maximum absolute atomic E-state index is 6.17. The first-order valence-electron chi connectivity index (χ1n) is 6.47. The minimum atomic E-state index is -0.895. The fourth-order valence-electron chi connectivity index (χ4n) is 1.83. The summed E-state index contributed by atoms with van der Waals surface area (Å²) in [4.78, 5) is 11.1. The number of aryl methyl sites for hydroxylation is 1. The van der Waals surface area contributed by atoms with Crippen LogP contribution in [0.25, 0.3) is 11.4 Å². The number of nitrogens with zero attached hydrogens (tertiary/aromatic N) is 3. The summed E-state index contributed by atoms with van der Waals surface area (Å²) >= 11 is 35.7. The van der Waals surface area contributed by atoms with E-state index in [4.69, 9.17) is 69.6 Å². The molecule has 0 aliphatic heterocycles. The van der Waals surface area contributed by atoms with E-state index in [1.165, 1.54) is 0 Å². The first-order chi connectivity index (χ1) is 10.8. The number of hydrogen-bond acceptors (Lipinski definition) is 3. The summed E-state index contributed by atoms with van der Waals surface area (Å²) in [7, 11) is 0. The van der Waals surface area contributed by atoms with E-state index >= 15 is 0 Å². The average Bonchev–Trinajstić information content (AvgIpc) is 2.53. The maximum Gasteiger partial charge on any atom is 0.163 e. The van der Waals surface area contributed by atoms with E-state index in [9.17, 15) is 0 Å². The van der Waals surface area contributed by atoms with E-state index in [0.717, 1.165) is 11.1 Å². The van der Waals surface area contributed by atoms with Gasteiger partial charge in [-0.3, -0.25) is 0 Å². The van der Waals surface area contributed by atoms with Crippen molar-refractivity contribution in [1.82, 2.24) is 15.0 Å². The van der Waals surface area contributed by atoms with E-state index in [1.807, 2.05) is 31.2 Å². The summed E-state index contributed by atoms with van der Waals surface area (Å²) in [5.74, 6) is 0.830. The predicted octanol–water partition coefficient (Wildman–Crippen LogP) is 6.01. The Morgan fingerprint density at radius 3 is 1.65 bits per heavy atom. The summed E-state index contributed by atoms with van der Waals surface area (Å²) < 4.78 is 0. The Morgan fingerprint density at radius 1 is 0.739 bits per heavy atom. The molecule has 2 unspecified atom stereocenters. The second-order valence-corrected chi connectivity index (χ2v) is 7.93. The van der Waals surface area contributed by atoms with Gasteiger partial charge in [0.2, 0.25) is 0 Å². The van der Waals surface area contributed by atoms with Crippen LogP contribution in [0.5, 0.6) is 0 Å². The van der Waals surface area contributed by atoms with Gasteiger partial charge >= 0.3 is 0 Å². The maximum atomic E-state index is 6.17. The van der Waals surface area contributed by atoms with Crippen LogP contribution in [0.3, 0.4) is 0 Å². The predicted molar refractivity (Wildman–Crippen MR) is 98.2 cm³/mol. The molecular weight excluding hydrogens is 423 g/mol. The highest BCUT2D eigenvalue weighted by molar-refractivity contribution is 6.48. The van der Waals surface area contributed by atoms with Gasteiger partial charge in [0.05, 0.1) is 0 Å². The van der Waals surface area contributed by atoms with Gasteiger partial charge in [-0.1, -0.05) is 24.3 Å². The van der Waals surface area contributed by atoms with Gasteiger partial charge in [0.1, 0.15) is 20.4 Å². The molecule has 1 aromatic heterocycles. The lowest BCUT2D eigenvalue weighted by atomic mass is 10.1. The molecule has 2 rings (SSSR count). The van der Waals surface area contributed by atoms with E-state index in [0.29, 0.717) is 5.82 Å². The Labute approximate surface area is 164 Å². The number of rotatable bonds is 5. The molecule has 0 fully saturated rings. The van der Waals surface area contributed by atoms with Crippen molar-refractivity contribution >= 4 is 69.6 Å². The minimum Gasteiger partial charge on any atom is -0.215 e. The van der Waals surface area contributed by atoms with E-state index in [-0.39, 0.29) is 11.6 Å². The Balaban J connectivity index is 2.60. The molecule has 0 bridgehead atoms. The molecule has 23 heavy (non-hydrogen) atoms. The van der Waals surface area contributed by atoms with Gasteiger partial charge in [-0.25, -0.2) is 15.0 Å². The van der Waals surface area contributed by atoms with Gasteiger partial charge in [-0.15, -0.1) is 69.6 Å². The van der Waals surface area contributed by atoms with Crippen LogP contribution in [0.4, 0.5) is 0 Å². The molecule has 0 aliphatic rings.